The number of anilines is 1. The molecule has 0 saturated heterocycles. The normalized spacial score (nSPS) is 17.7. The lowest BCUT2D eigenvalue weighted by Gasteiger charge is -2.35. The number of benzene rings is 1. The molecular weight excluding hydrogens is 337 g/mol. The molecule has 1 saturated carbocycles. The summed E-state index contributed by atoms with van der Waals surface area (Å²) in [6.07, 6.45) is 5.47. The molecule has 0 radical (unpaired) electrons. The Balaban J connectivity index is 2.34. The Kier molecular flexibility index (Phi) is 6.78. The van der Waals surface area contributed by atoms with E-state index in [1.165, 1.54) is 20.6 Å². The van der Waals surface area contributed by atoms with Gasteiger partial charge in [0.25, 0.3) is 0 Å². The first kappa shape index (κ1) is 18.6. The summed E-state index contributed by atoms with van der Waals surface area (Å²) in [5, 5.41) is 3.91. The summed E-state index contributed by atoms with van der Waals surface area (Å²) in [6, 6.07) is 5.31. The molecule has 130 valence electrons. The van der Waals surface area contributed by atoms with E-state index < -0.39 is 13.4 Å². The molecule has 1 aliphatic rings. The minimum atomic E-state index is -3.28. The van der Waals surface area contributed by atoms with E-state index >= 15 is 0 Å². The number of hydrogen-bond donors (Lipinski definition) is 1. The van der Waals surface area contributed by atoms with E-state index in [-0.39, 0.29) is 5.92 Å². The first-order valence-corrected chi connectivity index (χ1v) is 9.84. The van der Waals surface area contributed by atoms with E-state index in [0.717, 1.165) is 25.7 Å². The smallest absolute Gasteiger partial charge is 0.352 e. The molecule has 1 aromatic rings. The highest BCUT2D eigenvalue weighted by molar-refractivity contribution is 7.54. The largest absolute Gasteiger partial charge is 0.495 e. The highest BCUT2D eigenvalue weighted by atomic mass is 35.5. The van der Waals surface area contributed by atoms with Crippen LogP contribution in [0.1, 0.15) is 32.1 Å². The van der Waals surface area contributed by atoms with Crippen LogP contribution >= 0.6 is 19.2 Å². The molecule has 0 amide bonds. The van der Waals surface area contributed by atoms with Crippen molar-refractivity contribution in [2.75, 3.05) is 26.6 Å². The van der Waals surface area contributed by atoms with Crippen molar-refractivity contribution in [1.29, 1.82) is 0 Å². The summed E-state index contributed by atoms with van der Waals surface area (Å²) >= 11 is 6.10. The van der Waals surface area contributed by atoms with E-state index in [2.05, 4.69) is 5.32 Å². The SMILES string of the molecule is COc1ccc(Cl)cc1NC(C1CCCCC1)P(=O)(OC)OC. The molecule has 0 aromatic heterocycles. The van der Waals surface area contributed by atoms with Gasteiger partial charge < -0.3 is 19.1 Å². The Labute approximate surface area is 143 Å². The van der Waals surface area contributed by atoms with Gasteiger partial charge in [-0.05, 0) is 37.0 Å². The van der Waals surface area contributed by atoms with Crippen LogP contribution in [0.15, 0.2) is 18.2 Å². The van der Waals surface area contributed by atoms with Crippen molar-refractivity contribution < 1.29 is 18.3 Å². The van der Waals surface area contributed by atoms with Crippen LogP contribution < -0.4 is 10.1 Å². The predicted octanol–water partition coefficient (Wildman–Crippen LogP) is 5.15. The third-order valence-electron chi connectivity index (χ3n) is 4.41. The van der Waals surface area contributed by atoms with Crippen molar-refractivity contribution in [1.82, 2.24) is 0 Å². The fourth-order valence-electron chi connectivity index (χ4n) is 3.16. The number of nitrogens with one attached hydrogen (secondary N) is 1. The minimum absolute atomic E-state index is 0.221. The van der Waals surface area contributed by atoms with E-state index in [0.29, 0.717) is 16.5 Å². The summed E-state index contributed by atoms with van der Waals surface area (Å²) in [5.41, 5.74) is 0.699. The number of hydrogen-bond acceptors (Lipinski definition) is 5. The fourth-order valence-corrected chi connectivity index (χ4v) is 5.05. The van der Waals surface area contributed by atoms with E-state index in [1.807, 2.05) is 0 Å². The van der Waals surface area contributed by atoms with Crippen molar-refractivity contribution in [2.24, 2.45) is 5.92 Å². The molecule has 1 atom stereocenters. The van der Waals surface area contributed by atoms with Gasteiger partial charge in [-0.2, -0.15) is 0 Å². The average molecular weight is 362 g/mol. The van der Waals surface area contributed by atoms with Crippen LogP contribution in [0.4, 0.5) is 5.69 Å². The lowest BCUT2D eigenvalue weighted by Crippen LogP contribution is -2.32. The van der Waals surface area contributed by atoms with Crippen LogP contribution in [-0.2, 0) is 13.6 Å². The Hall–Kier alpha value is -0.740. The maximum absolute atomic E-state index is 13.1. The second-order valence-corrected chi connectivity index (χ2v) is 8.54. The quantitative estimate of drug-likeness (QED) is 0.680. The topological polar surface area (TPSA) is 56.8 Å². The van der Waals surface area contributed by atoms with E-state index in [1.54, 1.807) is 25.3 Å². The molecule has 5 nitrogen and oxygen atoms in total. The molecule has 0 bridgehead atoms. The van der Waals surface area contributed by atoms with Crippen LogP contribution in [0.5, 0.6) is 5.75 Å². The van der Waals surface area contributed by atoms with Gasteiger partial charge in [-0.3, -0.25) is 4.57 Å². The van der Waals surface area contributed by atoms with E-state index in [9.17, 15) is 4.57 Å². The molecule has 1 aliphatic carbocycles. The summed E-state index contributed by atoms with van der Waals surface area (Å²) in [7, 11) is 1.17. The first-order chi connectivity index (χ1) is 11.0. The molecule has 1 N–H and O–H groups in total. The van der Waals surface area contributed by atoms with Gasteiger partial charge in [-0.15, -0.1) is 0 Å². The molecule has 0 heterocycles. The zero-order valence-corrected chi connectivity index (χ0v) is 15.5. The number of rotatable bonds is 7. The molecule has 1 aromatic carbocycles. The molecular formula is C16H25ClNO4P. The van der Waals surface area contributed by atoms with Gasteiger partial charge in [0.05, 0.1) is 12.8 Å². The van der Waals surface area contributed by atoms with Crippen molar-refractivity contribution in [3.63, 3.8) is 0 Å². The van der Waals surface area contributed by atoms with Gasteiger partial charge in [-0.1, -0.05) is 30.9 Å². The Morgan fingerprint density at radius 1 is 1.17 bits per heavy atom. The standard InChI is InChI=1S/C16H25ClNO4P/c1-20-15-10-9-13(17)11-14(15)18-16(23(19,21-2)22-3)12-7-5-4-6-8-12/h9-12,16,18H,4-8H2,1-3H3. The lowest BCUT2D eigenvalue weighted by atomic mass is 9.89. The molecule has 1 fully saturated rings. The monoisotopic (exact) mass is 361 g/mol. The van der Waals surface area contributed by atoms with Gasteiger partial charge in [0, 0.05) is 19.2 Å². The van der Waals surface area contributed by atoms with Gasteiger partial charge in [0.1, 0.15) is 11.5 Å². The number of methoxy groups -OCH3 is 1. The Bertz CT molecular complexity index is 555. The maximum Gasteiger partial charge on any atom is 0.352 e. The zero-order valence-electron chi connectivity index (χ0n) is 13.9. The van der Waals surface area contributed by atoms with Crippen LogP contribution in [0, 0.1) is 5.92 Å². The van der Waals surface area contributed by atoms with Crippen molar-refractivity contribution >= 4 is 24.9 Å². The average Bonchev–Trinajstić information content (AvgIpc) is 2.60. The third kappa shape index (κ3) is 4.42. The minimum Gasteiger partial charge on any atom is -0.495 e. The zero-order chi connectivity index (χ0) is 16.9. The van der Waals surface area contributed by atoms with Crippen molar-refractivity contribution in [2.45, 2.75) is 37.9 Å². The molecule has 1 unspecified atom stereocenters. The van der Waals surface area contributed by atoms with Gasteiger partial charge in [0.2, 0.25) is 0 Å². The highest BCUT2D eigenvalue weighted by Gasteiger charge is 2.40. The number of halogens is 1. The fraction of sp³-hybridized carbons (Fsp3) is 0.625. The predicted molar refractivity (Wildman–Crippen MR) is 93.6 cm³/mol. The summed E-state index contributed by atoms with van der Waals surface area (Å²) in [6.45, 7) is 0. The van der Waals surface area contributed by atoms with Crippen LogP contribution in [0.3, 0.4) is 0 Å². The molecule has 0 spiro atoms. The Morgan fingerprint density at radius 3 is 2.39 bits per heavy atom. The molecule has 2 rings (SSSR count). The summed E-state index contributed by atoms with van der Waals surface area (Å²) in [4.78, 5) is 0. The summed E-state index contributed by atoms with van der Waals surface area (Å²) < 4.78 is 29.0. The van der Waals surface area contributed by atoms with Crippen LogP contribution in [0.25, 0.3) is 0 Å². The second-order valence-electron chi connectivity index (χ2n) is 5.74. The molecule has 0 aliphatic heterocycles. The number of ether oxygens (including phenoxy) is 1. The lowest BCUT2D eigenvalue weighted by molar-refractivity contribution is 0.244. The van der Waals surface area contributed by atoms with Gasteiger partial charge in [-0.25, -0.2) is 0 Å². The molecule has 23 heavy (non-hydrogen) atoms. The van der Waals surface area contributed by atoms with Gasteiger partial charge >= 0.3 is 7.60 Å². The highest BCUT2D eigenvalue weighted by Crippen LogP contribution is 2.56. The van der Waals surface area contributed by atoms with Crippen LogP contribution in [-0.4, -0.2) is 27.1 Å². The van der Waals surface area contributed by atoms with E-state index in [4.69, 9.17) is 25.4 Å². The van der Waals surface area contributed by atoms with Crippen molar-refractivity contribution in [3.8, 4) is 5.75 Å². The van der Waals surface area contributed by atoms with Gasteiger partial charge in [0.15, 0.2) is 0 Å². The summed E-state index contributed by atoms with van der Waals surface area (Å²) in [5.74, 6) is 0.442. The Morgan fingerprint density at radius 2 is 1.83 bits per heavy atom. The van der Waals surface area contributed by atoms with Crippen LogP contribution in [0.2, 0.25) is 5.02 Å². The third-order valence-corrected chi connectivity index (χ3v) is 6.90. The van der Waals surface area contributed by atoms with Crippen molar-refractivity contribution in [3.05, 3.63) is 23.2 Å². The molecule has 7 heteroatoms. The second kappa shape index (κ2) is 8.39. The first-order valence-electron chi connectivity index (χ1n) is 7.85. The maximum atomic E-state index is 13.1.